The minimum Gasteiger partial charge on any atom is -0.469 e. The fourth-order valence-electron chi connectivity index (χ4n) is 2.27. The average molecular weight is 306 g/mol. The van der Waals surface area contributed by atoms with Crippen LogP contribution in [-0.2, 0) is 28.2 Å². The van der Waals surface area contributed by atoms with Crippen LogP contribution >= 0.6 is 0 Å². The van der Waals surface area contributed by atoms with Gasteiger partial charge in [-0.15, -0.1) is 0 Å². The molecule has 0 spiro atoms. The largest absolute Gasteiger partial charge is 0.469 e. The average Bonchev–Trinajstić information content (AvgIpc) is 2.48. The number of fused-ring (bicyclic) bond motifs is 1. The number of alkyl halides is 1. The van der Waals surface area contributed by atoms with E-state index in [1.54, 1.807) is 22.9 Å². The third-order valence-corrected chi connectivity index (χ3v) is 3.55. The minimum atomic E-state index is -1.51. The summed E-state index contributed by atoms with van der Waals surface area (Å²) in [5, 5.41) is 4.63. The second-order valence-electron chi connectivity index (χ2n) is 5.55. The summed E-state index contributed by atoms with van der Waals surface area (Å²) in [5.41, 5.74) is -0.664. The van der Waals surface area contributed by atoms with Gasteiger partial charge in [-0.2, -0.15) is 5.10 Å². The van der Waals surface area contributed by atoms with Gasteiger partial charge in [-0.3, -0.25) is 14.3 Å². The van der Waals surface area contributed by atoms with Crippen molar-refractivity contribution in [3.63, 3.8) is 0 Å². The number of halogens is 1. The Bertz CT molecular complexity index is 775. The normalized spacial score (nSPS) is 11.7. The van der Waals surface area contributed by atoms with Crippen LogP contribution in [0.4, 0.5) is 4.39 Å². The number of esters is 1. The molecule has 22 heavy (non-hydrogen) atoms. The molecule has 0 aliphatic heterocycles. The first-order chi connectivity index (χ1) is 10.3. The van der Waals surface area contributed by atoms with Gasteiger partial charge in [0.2, 0.25) is 5.43 Å². The lowest BCUT2D eigenvalue weighted by molar-refractivity contribution is -0.139. The maximum Gasteiger partial charge on any atom is 0.311 e. The van der Waals surface area contributed by atoms with Crippen LogP contribution in [0.2, 0.25) is 0 Å². The van der Waals surface area contributed by atoms with Crippen LogP contribution in [0.5, 0.6) is 0 Å². The molecule has 6 heteroatoms. The molecular weight excluding hydrogens is 287 g/mol. The Hall–Kier alpha value is -2.24. The smallest absolute Gasteiger partial charge is 0.311 e. The van der Waals surface area contributed by atoms with Crippen molar-refractivity contribution in [2.24, 2.45) is 0 Å². The van der Waals surface area contributed by atoms with Crippen molar-refractivity contribution in [2.75, 3.05) is 7.11 Å². The maximum atomic E-state index is 14.1. The predicted octanol–water partition coefficient (Wildman–Crippen LogP) is 2.34. The molecule has 118 valence electrons. The van der Waals surface area contributed by atoms with Gasteiger partial charge in [-0.25, -0.2) is 4.39 Å². The molecule has 0 bridgehead atoms. The quantitative estimate of drug-likeness (QED) is 0.813. The van der Waals surface area contributed by atoms with E-state index in [-0.39, 0.29) is 17.5 Å². The molecule has 0 N–H and O–H groups in total. The van der Waals surface area contributed by atoms with Gasteiger partial charge in [0.25, 0.3) is 0 Å². The van der Waals surface area contributed by atoms with Crippen LogP contribution in [0.25, 0.3) is 10.9 Å². The van der Waals surface area contributed by atoms with E-state index >= 15 is 0 Å². The van der Waals surface area contributed by atoms with Crippen LogP contribution in [0, 0.1) is 0 Å². The molecule has 1 heterocycles. The monoisotopic (exact) mass is 306 g/mol. The summed E-state index contributed by atoms with van der Waals surface area (Å²) in [6.07, 6.45) is -0.179. The van der Waals surface area contributed by atoms with Crippen LogP contribution < -0.4 is 5.43 Å². The summed E-state index contributed by atoms with van der Waals surface area (Å²) >= 11 is 0. The number of nitrogens with zero attached hydrogens (tertiary/aromatic N) is 2. The lowest BCUT2D eigenvalue weighted by Gasteiger charge is -2.17. The molecule has 2 rings (SSSR count). The van der Waals surface area contributed by atoms with E-state index in [1.807, 2.05) is 6.92 Å². The molecule has 0 unspecified atom stereocenters. The molecule has 2 aromatic rings. The number of aromatic nitrogens is 2. The summed E-state index contributed by atoms with van der Waals surface area (Å²) < 4.78 is 20.3. The minimum absolute atomic E-state index is 0.133. The lowest BCUT2D eigenvalue weighted by Crippen LogP contribution is -2.22. The van der Waals surface area contributed by atoms with Crippen molar-refractivity contribution >= 4 is 16.9 Å². The van der Waals surface area contributed by atoms with Gasteiger partial charge in [0, 0.05) is 11.9 Å². The number of hydrogen-bond acceptors (Lipinski definition) is 4. The van der Waals surface area contributed by atoms with E-state index in [2.05, 4.69) is 9.84 Å². The lowest BCUT2D eigenvalue weighted by atomic mass is 9.98. The second kappa shape index (κ2) is 5.87. The highest BCUT2D eigenvalue weighted by molar-refractivity contribution is 5.81. The highest BCUT2D eigenvalue weighted by Gasteiger charge is 2.21. The van der Waals surface area contributed by atoms with Gasteiger partial charge in [-0.1, -0.05) is 6.07 Å². The molecule has 0 amide bonds. The first-order valence-corrected chi connectivity index (χ1v) is 7.08. The number of aryl methyl sites for hydroxylation is 1. The highest BCUT2D eigenvalue weighted by Crippen LogP contribution is 2.26. The third kappa shape index (κ3) is 3.00. The van der Waals surface area contributed by atoms with Crippen LogP contribution in [0.15, 0.2) is 23.0 Å². The number of rotatable bonds is 4. The van der Waals surface area contributed by atoms with Crippen LogP contribution in [-0.4, -0.2) is 22.9 Å². The van der Waals surface area contributed by atoms with Gasteiger partial charge in [0.05, 0.1) is 19.0 Å². The Labute approximate surface area is 127 Å². The standard InChI is InChI=1S/C16H19FN2O3/c1-5-19-13-8-10(16(2,3)17)6-7-11(13)15(21)12(18-19)9-14(20)22-4/h6-8H,5,9H2,1-4H3. The summed E-state index contributed by atoms with van der Waals surface area (Å²) in [4.78, 5) is 23.8. The first-order valence-electron chi connectivity index (χ1n) is 7.08. The zero-order valence-corrected chi connectivity index (χ0v) is 13.1. The molecule has 0 saturated carbocycles. The molecule has 1 aromatic carbocycles. The molecule has 0 aliphatic rings. The molecule has 0 saturated heterocycles. The summed E-state index contributed by atoms with van der Waals surface area (Å²) in [5.74, 6) is -0.520. The molecule has 1 aromatic heterocycles. The molecule has 0 fully saturated rings. The summed E-state index contributed by atoms with van der Waals surface area (Å²) in [6, 6.07) is 4.81. The molecule has 0 atom stereocenters. The van der Waals surface area contributed by atoms with E-state index < -0.39 is 11.6 Å². The Balaban J connectivity index is 2.69. The van der Waals surface area contributed by atoms with Gasteiger partial charge in [0.15, 0.2) is 0 Å². The van der Waals surface area contributed by atoms with Gasteiger partial charge < -0.3 is 4.74 Å². The van der Waals surface area contributed by atoms with E-state index in [4.69, 9.17) is 0 Å². The number of benzene rings is 1. The molecular formula is C16H19FN2O3. The number of ether oxygens (including phenoxy) is 1. The number of hydrogen-bond donors (Lipinski definition) is 0. The van der Waals surface area contributed by atoms with E-state index in [0.29, 0.717) is 23.0 Å². The van der Waals surface area contributed by atoms with E-state index in [0.717, 1.165) is 0 Å². The van der Waals surface area contributed by atoms with Crippen LogP contribution in [0.3, 0.4) is 0 Å². The predicted molar refractivity (Wildman–Crippen MR) is 81.5 cm³/mol. The van der Waals surface area contributed by atoms with Crippen molar-refractivity contribution in [1.29, 1.82) is 0 Å². The fourth-order valence-corrected chi connectivity index (χ4v) is 2.27. The first kappa shape index (κ1) is 16.1. The molecule has 0 aliphatic carbocycles. The van der Waals surface area contributed by atoms with Crippen molar-refractivity contribution in [3.8, 4) is 0 Å². The van der Waals surface area contributed by atoms with Crippen molar-refractivity contribution < 1.29 is 13.9 Å². The number of carbonyl (C=O) groups is 1. The number of carbonyl (C=O) groups excluding carboxylic acids is 1. The summed E-state index contributed by atoms with van der Waals surface area (Å²) in [6.45, 7) is 5.29. The van der Waals surface area contributed by atoms with E-state index in [1.165, 1.54) is 21.0 Å². The zero-order chi connectivity index (χ0) is 16.5. The van der Waals surface area contributed by atoms with E-state index in [9.17, 15) is 14.0 Å². The van der Waals surface area contributed by atoms with Crippen molar-refractivity contribution in [2.45, 2.75) is 39.4 Å². The SMILES string of the molecule is CCn1nc(CC(=O)OC)c(=O)c2ccc(C(C)(C)F)cc21. The molecule has 0 radical (unpaired) electrons. The summed E-state index contributed by atoms with van der Waals surface area (Å²) in [7, 11) is 1.26. The number of methoxy groups -OCH3 is 1. The Kier molecular flexibility index (Phi) is 4.30. The molecule has 5 nitrogen and oxygen atoms in total. The van der Waals surface area contributed by atoms with Gasteiger partial charge in [0.1, 0.15) is 11.4 Å². The Morgan fingerprint density at radius 2 is 2.09 bits per heavy atom. The second-order valence-corrected chi connectivity index (χ2v) is 5.55. The Morgan fingerprint density at radius 3 is 2.64 bits per heavy atom. The maximum absolute atomic E-state index is 14.1. The van der Waals surface area contributed by atoms with Gasteiger partial charge in [-0.05, 0) is 38.5 Å². The third-order valence-electron chi connectivity index (χ3n) is 3.55. The Morgan fingerprint density at radius 1 is 1.41 bits per heavy atom. The van der Waals surface area contributed by atoms with Crippen molar-refractivity contribution in [3.05, 3.63) is 39.7 Å². The van der Waals surface area contributed by atoms with Crippen molar-refractivity contribution in [1.82, 2.24) is 9.78 Å². The zero-order valence-electron chi connectivity index (χ0n) is 13.1. The topological polar surface area (TPSA) is 61.2 Å². The fraction of sp³-hybridized carbons (Fsp3) is 0.438. The highest BCUT2D eigenvalue weighted by atomic mass is 19.1. The van der Waals surface area contributed by atoms with Gasteiger partial charge >= 0.3 is 5.97 Å². The van der Waals surface area contributed by atoms with Crippen LogP contribution in [0.1, 0.15) is 32.0 Å².